The Morgan fingerprint density at radius 2 is 1.82 bits per heavy atom. The van der Waals surface area contributed by atoms with Crippen LogP contribution in [0, 0.1) is 0 Å². The Balaban J connectivity index is 2.04. The molecule has 0 unspecified atom stereocenters. The third kappa shape index (κ3) is 2.95. The molecule has 0 aliphatic rings. The van der Waals surface area contributed by atoms with Crippen molar-refractivity contribution in [2.75, 3.05) is 12.0 Å². The zero-order valence-corrected chi connectivity index (χ0v) is 9.47. The lowest BCUT2D eigenvalue weighted by atomic mass is 10.1. The summed E-state index contributed by atoms with van der Waals surface area (Å²) in [5, 5.41) is 0. The summed E-state index contributed by atoms with van der Waals surface area (Å²) in [7, 11) is 0. The lowest BCUT2D eigenvalue weighted by Crippen LogP contribution is -2.21. The fraction of sp³-hybridized carbons (Fsp3) is 0.154. The van der Waals surface area contributed by atoms with Crippen molar-refractivity contribution in [3.63, 3.8) is 0 Å². The van der Waals surface area contributed by atoms with Crippen molar-refractivity contribution in [2.24, 2.45) is 5.73 Å². The van der Waals surface area contributed by atoms with Gasteiger partial charge in [0.2, 0.25) is 0 Å². The molecule has 17 heavy (non-hydrogen) atoms. The molecule has 0 aliphatic carbocycles. The zero-order chi connectivity index (χ0) is 12.1. The molecule has 4 heteroatoms. The SMILES string of the molecule is NCCc1ccc(C(=O)Nn2cccc2)cc1. The van der Waals surface area contributed by atoms with Gasteiger partial charge >= 0.3 is 0 Å². The predicted molar refractivity (Wildman–Crippen MR) is 67.3 cm³/mol. The summed E-state index contributed by atoms with van der Waals surface area (Å²) in [6.45, 7) is 0.620. The lowest BCUT2D eigenvalue weighted by Gasteiger charge is -2.06. The number of hydrogen-bond donors (Lipinski definition) is 2. The molecule has 0 spiro atoms. The van der Waals surface area contributed by atoms with Crippen molar-refractivity contribution in [1.29, 1.82) is 0 Å². The van der Waals surface area contributed by atoms with Gasteiger partial charge in [0.15, 0.2) is 0 Å². The highest BCUT2D eigenvalue weighted by atomic mass is 16.2. The Morgan fingerprint density at radius 3 is 2.41 bits per heavy atom. The third-order valence-corrected chi connectivity index (χ3v) is 2.48. The highest BCUT2D eigenvalue weighted by Crippen LogP contribution is 2.05. The Morgan fingerprint density at radius 1 is 1.18 bits per heavy atom. The number of amides is 1. The predicted octanol–water partition coefficient (Wildman–Crippen LogP) is 1.37. The molecule has 0 saturated heterocycles. The molecule has 0 fully saturated rings. The van der Waals surface area contributed by atoms with Crippen LogP contribution in [0.2, 0.25) is 0 Å². The Kier molecular flexibility index (Phi) is 3.57. The van der Waals surface area contributed by atoms with Gasteiger partial charge in [0.05, 0.1) is 0 Å². The minimum atomic E-state index is -0.125. The van der Waals surface area contributed by atoms with E-state index in [1.807, 2.05) is 36.4 Å². The molecule has 1 aromatic heterocycles. The normalized spacial score (nSPS) is 10.2. The van der Waals surface area contributed by atoms with Crippen LogP contribution in [0.3, 0.4) is 0 Å². The first-order valence-corrected chi connectivity index (χ1v) is 5.53. The van der Waals surface area contributed by atoms with E-state index in [1.165, 1.54) is 0 Å². The van der Waals surface area contributed by atoms with Gasteiger partial charge in [-0.1, -0.05) is 12.1 Å². The van der Waals surface area contributed by atoms with Crippen LogP contribution in [0.5, 0.6) is 0 Å². The topological polar surface area (TPSA) is 60.1 Å². The second kappa shape index (κ2) is 5.32. The van der Waals surface area contributed by atoms with Gasteiger partial charge < -0.3 is 5.73 Å². The van der Waals surface area contributed by atoms with Crippen LogP contribution in [0.1, 0.15) is 15.9 Å². The van der Waals surface area contributed by atoms with E-state index in [0.717, 1.165) is 12.0 Å². The maximum absolute atomic E-state index is 11.8. The van der Waals surface area contributed by atoms with E-state index in [2.05, 4.69) is 5.43 Å². The summed E-state index contributed by atoms with van der Waals surface area (Å²) < 4.78 is 1.62. The standard InChI is InChI=1S/C13H15N3O/c14-8-7-11-3-5-12(6-4-11)13(17)15-16-9-1-2-10-16/h1-6,9-10H,7-8,14H2,(H,15,17). The van der Waals surface area contributed by atoms with Gasteiger partial charge in [-0.05, 0) is 42.8 Å². The first-order valence-electron chi connectivity index (χ1n) is 5.53. The van der Waals surface area contributed by atoms with E-state index in [9.17, 15) is 4.79 Å². The van der Waals surface area contributed by atoms with E-state index in [1.54, 1.807) is 17.1 Å². The van der Waals surface area contributed by atoms with Gasteiger partial charge in [0.25, 0.3) is 5.91 Å². The fourth-order valence-electron chi connectivity index (χ4n) is 1.58. The van der Waals surface area contributed by atoms with Gasteiger partial charge in [-0.2, -0.15) is 0 Å². The molecule has 88 valence electrons. The number of benzene rings is 1. The number of carbonyl (C=O) groups is 1. The quantitative estimate of drug-likeness (QED) is 0.832. The first kappa shape index (κ1) is 11.4. The second-order valence-corrected chi connectivity index (χ2v) is 3.77. The van der Waals surface area contributed by atoms with Gasteiger partial charge in [-0.15, -0.1) is 0 Å². The number of rotatable bonds is 4. The molecular formula is C13H15N3O. The minimum Gasteiger partial charge on any atom is -0.330 e. The molecule has 0 bridgehead atoms. The van der Waals surface area contributed by atoms with Crippen molar-refractivity contribution in [3.05, 3.63) is 59.9 Å². The Bertz CT molecular complexity index is 474. The maximum Gasteiger partial charge on any atom is 0.270 e. The summed E-state index contributed by atoms with van der Waals surface area (Å²) in [6, 6.07) is 11.2. The number of carbonyl (C=O) groups excluding carboxylic acids is 1. The molecule has 0 atom stereocenters. The van der Waals surface area contributed by atoms with Crippen molar-refractivity contribution < 1.29 is 4.79 Å². The number of nitrogens with zero attached hydrogens (tertiary/aromatic N) is 1. The summed E-state index contributed by atoms with van der Waals surface area (Å²) in [6.07, 6.45) is 4.39. The Hall–Kier alpha value is -2.07. The number of hydrogen-bond acceptors (Lipinski definition) is 2. The van der Waals surface area contributed by atoms with Crippen LogP contribution in [-0.2, 0) is 6.42 Å². The first-order chi connectivity index (χ1) is 8.29. The van der Waals surface area contributed by atoms with Gasteiger partial charge in [0.1, 0.15) is 0 Å². The van der Waals surface area contributed by atoms with E-state index in [0.29, 0.717) is 12.1 Å². The molecule has 1 aromatic carbocycles. The van der Waals surface area contributed by atoms with Crippen LogP contribution >= 0.6 is 0 Å². The maximum atomic E-state index is 11.8. The van der Waals surface area contributed by atoms with Crippen molar-refractivity contribution in [1.82, 2.24) is 4.68 Å². The molecule has 3 N–H and O–H groups in total. The monoisotopic (exact) mass is 229 g/mol. The highest BCUT2D eigenvalue weighted by Gasteiger charge is 2.04. The average Bonchev–Trinajstić information content (AvgIpc) is 2.83. The highest BCUT2D eigenvalue weighted by molar-refractivity contribution is 5.99. The van der Waals surface area contributed by atoms with Crippen LogP contribution in [0.25, 0.3) is 0 Å². The fourth-order valence-corrected chi connectivity index (χ4v) is 1.58. The molecule has 2 aromatic rings. The number of aromatic nitrogens is 1. The van der Waals surface area contributed by atoms with E-state index in [4.69, 9.17) is 5.73 Å². The van der Waals surface area contributed by atoms with Crippen LogP contribution in [-0.4, -0.2) is 17.1 Å². The smallest absolute Gasteiger partial charge is 0.270 e. The molecule has 4 nitrogen and oxygen atoms in total. The van der Waals surface area contributed by atoms with Gasteiger partial charge in [-0.25, -0.2) is 0 Å². The van der Waals surface area contributed by atoms with E-state index < -0.39 is 0 Å². The molecular weight excluding hydrogens is 214 g/mol. The Labute approximate surface area is 100 Å². The second-order valence-electron chi connectivity index (χ2n) is 3.77. The van der Waals surface area contributed by atoms with Crippen molar-refractivity contribution in [3.8, 4) is 0 Å². The van der Waals surface area contributed by atoms with Crippen LogP contribution in [0.4, 0.5) is 0 Å². The summed E-state index contributed by atoms with van der Waals surface area (Å²) in [5.74, 6) is -0.125. The average molecular weight is 229 g/mol. The summed E-state index contributed by atoms with van der Waals surface area (Å²) >= 11 is 0. The lowest BCUT2D eigenvalue weighted by molar-refractivity contribution is 0.101. The van der Waals surface area contributed by atoms with Crippen molar-refractivity contribution in [2.45, 2.75) is 6.42 Å². The molecule has 0 radical (unpaired) electrons. The molecule has 2 rings (SSSR count). The number of nitrogens with one attached hydrogen (secondary N) is 1. The summed E-state index contributed by atoms with van der Waals surface area (Å²) in [4.78, 5) is 11.8. The van der Waals surface area contributed by atoms with E-state index >= 15 is 0 Å². The zero-order valence-electron chi connectivity index (χ0n) is 9.47. The van der Waals surface area contributed by atoms with Gasteiger partial charge in [-0.3, -0.25) is 14.9 Å². The number of nitrogens with two attached hydrogens (primary N) is 1. The molecule has 1 heterocycles. The molecule has 1 amide bonds. The van der Waals surface area contributed by atoms with Crippen molar-refractivity contribution >= 4 is 5.91 Å². The molecule has 0 aliphatic heterocycles. The van der Waals surface area contributed by atoms with Gasteiger partial charge in [0, 0.05) is 18.0 Å². The minimum absolute atomic E-state index is 0.125. The third-order valence-electron chi connectivity index (χ3n) is 2.48. The molecule has 0 saturated carbocycles. The summed E-state index contributed by atoms with van der Waals surface area (Å²) in [5.41, 5.74) is 9.99. The van der Waals surface area contributed by atoms with Crippen LogP contribution < -0.4 is 11.2 Å². The largest absolute Gasteiger partial charge is 0.330 e. The van der Waals surface area contributed by atoms with Crippen LogP contribution in [0.15, 0.2) is 48.8 Å². The van der Waals surface area contributed by atoms with E-state index in [-0.39, 0.29) is 5.91 Å².